The topological polar surface area (TPSA) is 9.23 Å². The molecule has 25 heavy (non-hydrogen) atoms. The zero-order valence-electron chi connectivity index (χ0n) is 17.7. The number of benzene rings is 1. The number of hydrogen-bond acceptors (Lipinski definition) is 1. The predicted octanol–water partition coefficient (Wildman–Crippen LogP) is 7.53. The second kappa shape index (κ2) is 10.5. The van der Waals surface area contributed by atoms with E-state index in [0.717, 1.165) is 5.75 Å². The van der Waals surface area contributed by atoms with Crippen molar-refractivity contribution in [3.8, 4) is 5.75 Å². The summed E-state index contributed by atoms with van der Waals surface area (Å²) in [4.78, 5) is 0. The van der Waals surface area contributed by atoms with Crippen molar-refractivity contribution < 1.29 is 4.74 Å². The molecule has 0 N–H and O–H groups in total. The van der Waals surface area contributed by atoms with Crippen LogP contribution in [0.4, 0.5) is 0 Å². The SMILES string of the molecule is CC=[C](CC(C)(C)c1ccc(OC)cc1)[Ge]([CH2]CC)([CH2]CC)[CH2]CC. The van der Waals surface area contributed by atoms with Gasteiger partial charge in [0.2, 0.25) is 0 Å². The van der Waals surface area contributed by atoms with E-state index in [1.54, 1.807) is 7.11 Å². The fourth-order valence-corrected chi connectivity index (χ4v) is 17.1. The minimum atomic E-state index is -1.96. The van der Waals surface area contributed by atoms with Crippen molar-refractivity contribution >= 4 is 13.3 Å². The summed E-state index contributed by atoms with van der Waals surface area (Å²) in [6, 6.07) is 8.71. The molecule has 1 nitrogen and oxygen atoms in total. The number of allylic oxidation sites excluding steroid dienone is 2. The number of rotatable bonds is 11. The van der Waals surface area contributed by atoms with Gasteiger partial charge in [-0.15, -0.1) is 0 Å². The van der Waals surface area contributed by atoms with Crippen LogP contribution in [0.2, 0.25) is 15.8 Å². The van der Waals surface area contributed by atoms with Gasteiger partial charge in [0, 0.05) is 0 Å². The Morgan fingerprint density at radius 2 is 1.44 bits per heavy atom. The van der Waals surface area contributed by atoms with Gasteiger partial charge in [-0.3, -0.25) is 0 Å². The van der Waals surface area contributed by atoms with Crippen LogP contribution in [-0.2, 0) is 5.41 Å². The molecule has 1 aromatic carbocycles. The van der Waals surface area contributed by atoms with Crippen molar-refractivity contribution in [2.24, 2.45) is 0 Å². The van der Waals surface area contributed by atoms with E-state index in [1.165, 1.54) is 47.0 Å². The first-order valence-corrected chi connectivity index (χ1v) is 15.7. The second-order valence-electron chi connectivity index (χ2n) is 8.13. The van der Waals surface area contributed by atoms with Gasteiger partial charge in [-0.1, -0.05) is 0 Å². The third-order valence-corrected chi connectivity index (χ3v) is 18.7. The monoisotopic (exact) mass is 406 g/mol. The summed E-state index contributed by atoms with van der Waals surface area (Å²) in [6.07, 6.45) is 7.77. The van der Waals surface area contributed by atoms with Gasteiger partial charge in [0.05, 0.1) is 0 Å². The second-order valence-corrected chi connectivity index (χ2v) is 18.0. The van der Waals surface area contributed by atoms with Crippen LogP contribution in [0.1, 0.15) is 72.8 Å². The molecule has 0 fully saturated rings. The van der Waals surface area contributed by atoms with Crippen molar-refractivity contribution in [3.63, 3.8) is 0 Å². The Kier molecular flexibility index (Phi) is 9.34. The van der Waals surface area contributed by atoms with Gasteiger partial charge in [-0.2, -0.15) is 0 Å². The molecule has 142 valence electrons. The van der Waals surface area contributed by atoms with Crippen LogP contribution in [-0.4, -0.2) is 20.4 Å². The average Bonchev–Trinajstić information content (AvgIpc) is 2.60. The Bertz CT molecular complexity index is 511. The third kappa shape index (κ3) is 5.91. The molecule has 1 rings (SSSR count). The van der Waals surface area contributed by atoms with Crippen LogP contribution < -0.4 is 4.74 Å². The van der Waals surface area contributed by atoms with Gasteiger partial charge >= 0.3 is 160 Å². The van der Waals surface area contributed by atoms with Crippen LogP contribution in [0, 0.1) is 0 Å². The molecule has 0 atom stereocenters. The molecule has 0 aliphatic carbocycles. The van der Waals surface area contributed by atoms with Gasteiger partial charge in [-0.25, -0.2) is 0 Å². The average molecular weight is 405 g/mol. The molecule has 0 unspecified atom stereocenters. The third-order valence-electron chi connectivity index (χ3n) is 5.72. The number of ether oxygens (including phenoxy) is 1. The first kappa shape index (κ1) is 22.3. The molecule has 0 radical (unpaired) electrons. The minimum absolute atomic E-state index is 0.180. The van der Waals surface area contributed by atoms with Crippen molar-refractivity contribution in [1.82, 2.24) is 0 Å². The van der Waals surface area contributed by atoms with E-state index >= 15 is 0 Å². The first-order chi connectivity index (χ1) is 11.9. The molecule has 0 saturated heterocycles. The fraction of sp³-hybridized carbons (Fsp3) is 0.652. The molecular weight excluding hydrogens is 365 g/mol. The van der Waals surface area contributed by atoms with E-state index < -0.39 is 13.3 Å². The zero-order valence-corrected chi connectivity index (χ0v) is 19.8. The van der Waals surface area contributed by atoms with Gasteiger partial charge in [0.1, 0.15) is 0 Å². The molecule has 0 amide bonds. The van der Waals surface area contributed by atoms with Gasteiger partial charge < -0.3 is 0 Å². The molecule has 0 aliphatic rings. The van der Waals surface area contributed by atoms with E-state index in [0.29, 0.717) is 0 Å². The molecule has 0 aromatic heterocycles. The fourth-order valence-electron chi connectivity index (χ4n) is 4.51. The summed E-state index contributed by atoms with van der Waals surface area (Å²) in [5.41, 5.74) is 1.60. The maximum absolute atomic E-state index is 5.33. The summed E-state index contributed by atoms with van der Waals surface area (Å²) < 4.78 is 7.19. The van der Waals surface area contributed by atoms with E-state index in [-0.39, 0.29) is 5.41 Å². The van der Waals surface area contributed by atoms with Crippen LogP contribution in [0.5, 0.6) is 5.75 Å². The van der Waals surface area contributed by atoms with Crippen LogP contribution in [0.15, 0.2) is 34.7 Å². The first-order valence-electron chi connectivity index (χ1n) is 10.2. The predicted molar refractivity (Wildman–Crippen MR) is 115 cm³/mol. The Morgan fingerprint density at radius 3 is 1.80 bits per heavy atom. The standard InChI is InChI=1S/C23H40GeO/c1-8-16-24(17-9-2,18-10-3)21(11-4)19-23(5,6)20-12-14-22(25-7)15-13-20/h11-15H,8-10,16-19H2,1-7H3. The summed E-state index contributed by atoms with van der Waals surface area (Å²) in [7, 11) is 1.74. The summed E-state index contributed by atoms with van der Waals surface area (Å²) >= 11 is -1.96. The van der Waals surface area contributed by atoms with Gasteiger partial charge in [-0.05, 0) is 0 Å². The molecule has 1 aromatic rings. The summed E-state index contributed by atoms with van der Waals surface area (Å²) in [5, 5.41) is 4.50. The molecule has 0 aliphatic heterocycles. The van der Waals surface area contributed by atoms with Crippen molar-refractivity contribution in [1.29, 1.82) is 0 Å². The number of methoxy groups -OCH3 is 1. The van der Waals surface area contributed by atoms with E-state index in [2.05, 4.69) is 71.9 Å². The van der Waals surface area contributed by atoms with Crippen LogP contribution in [0.25, 0.3) is 0 Å². The van der Waals surface area contributed by atoms with Gasteiger partial charge in [0.25, 0.3) is 0 Å². The van der Waals surface area contributed by atoms with E-state index in [4.69, 9.17) is 4.74 Å². The normalized spacial score (nSPS) is 13.2. The van der Waals surface area contributed by atoms with Crippen LogP contribution >= 0.6 is 0 Å². The van der Waals surface area contributed by atoms with Crippen molar-refractivity contribution in [3.05, 3.63) is 40.3 Å². The molecule has 0 saturated carbocycles. The Morgan fingerprint density at radius 1 is 0.960 bits per heavy atom. The summed E-state index contributed by atoms with van der Waals surface area (Å²) in [5.74, 6) is 0.945. The van der Waals surface area contributed by atoms with Gasteiger partial charge in [0.15, 0.2) is 0 Å². The van der Waals surface area contributed by atoms with E-state index in [1.807, 2.05) is 4.41 Å². The Labute approximate surface area is 159 Å². The zero-order chi connectivity index (χ0) is 18.9. The molecule has 0 heterocycles. The molecule has 0 bridgehead atoms. The van der Waals surface area contributed by atoms with Crippen LogP contribution in [0.3, 0.4) is 0 Å². The Hall–Kier alpha value is -0.697. The molecule has 0 spiro atoms. The van der Waals surface area contributed by atoms with Crippen molar-refractivity contribution in [2.75, 3.05) is 7.11 Å². The quantitative estimate of drug-likeness (QED) is 0.346. The van der Waals surface area contributed by atoms with E-state index in [9.17, 15) is 0 Å². The maximum atomic E-state index is 5.33. The Balaban J connectivity index is 3.14. The van der Waals surface area contributed by atoms with Crippen molar-refractivity contribution in [2.45, 2.75) is 88.4 Å². The molecular formula is C23H40GeO. The number of hydrogen-bond donors (Lipinski definition) is 0. The summed E-state index contributed by atoms with van der Waals surface area (Å²) in [6.45, 7) is 14.3. The molecule has 2 heteroatoms.